The summed E-state index contributed by atoms with van der Waals surface area (Å²) in [5.41, 5.74) is 5.94. The van der Waals surface area contributed by atoms with Crippen LogP contribution in [0.5, 0.6) is 0 Å². The van der Waals surface area contributed by atoms with Gasteiger partial charge in [0.2, 0.25) is 0 Å². The number of ether oxygens (including phenoxy) is 2. The van der Waals surface area contributed by atoms with Crippen molar-refractivity contribution < 1.29 is 23.2 Å². The molecule has 17 heteroatoms. The van der Waals surface area contributed by atoms with Gasteiger partial charge in [-0.15, -0.1) is 0 Å². The van der Waals surface area contributed by atoms with Crippen molar-refractivity contribution in [3.63, 3.8) is 0 Å². The average Bonchev–Trinajstić information content (AvgIpc) is 4.09. The highest BCUT2D eigenvalue weighted by Crippen LogP contribution is 2.56. The fourth-order valence-corrected chi connectivity index (χ4v) is 10.8. The molecule has 12 rings (SSSR count). The van der Waals surface area contributed by atoms with E-state index in [9.17, 15) is 9.59 Å². The Morgan fingerprint density at radius 3 is 2.40 bits per heavy atom. The van der Waals surface area contributed by atoms with Crippen LogP contribution in [0.2, 0.25) is 0 Å². The summed E-state index contributed by atoms with van der Waals surface area (Å²) in [5, 5.41) is 15.7. The van der Waals surface area contributed by atoms with E-state index >= 15 is 9.18 Å². The Labute approximate surface area is 370 Å². The minimum atomic E-state index is -0.808. The summed E-state index contributed by atoms with van der Waals surface area (Å²) in [4.78, 5) is 47.1. The van der Waals surface area contributed by atoms with Crippen LogP contribution in [0.3, 0.4) is 0 Å². The lowest BCUT2D eigenvalue weighted by molar-refractivity contribution is 0.0721. The van der Waals surface area contributed by atoms with Crippen LogP contribution < -0.4 is 11.4 Å². The van der Waals surface area contributed by atoms with Crippen LogP contribution in [-0.2, 0) is 28.0 Å². The number of nitrogens with one attached hydrogen (secondary N) is 1. The number of carbonyl (C=O) groups excluding carboxylic acids is 1. The number of aromatic amines is 1. The van der Waals surface area contributed by atoms with Gasteiger partial charge >= 0.3 is 11.4 Å². The van der Waals surface area contributed by atoms with Crippen molar-refractivity contribution in [2.24, 2.45) is 5.92 Å². The minimum absolute atomic E-state index is 0.0377. The highest BCUT2D eigenvalue weighted by molar-refractivity contribution is 5.99. The zero-order chi connectivity index (χ0) is 44.3. The molecule has 1 N–H and O–H groups in total. The van der Waals surface area contributed by atoms with Crippen LogP contribution in [0, 0.1) is 25.6 Å². The van der Waals surface area contributed by atoms with Gasteiger partial charge in [0.25, 0.3) is 5.91 Å². The third-order valence-corrected chi connectivity index (χ3v) is 14.3. The molecule has 0 spiro atoms. The molecule has 16 nitrogen and oxygen atoms in total. The molecule has 1 amide bonds. The lowest BCUT2D eigenvalue weighted by atomic mass is 9.91. The second kappa shape index (κ2) is 14.9. The molecule has 4 aliphatic rings. The van der Waals surface area contributed by atoms with Gasteiger partial charge in [-0.3, -0.25) is 28.1 Å². The molecule has 65 heavy (non-hydrogen) atoms. The standard InChI is InChI=1S/C48H47FN10O6/c1-27-18-36(19-28(2)42(27)49)59-43(56-14-13-55(47(56)62)34-5-7-40-33(21-34)24-50-58(40)35-11-17-64-26-35)37-25-54(12-8-38(37)52-59)44(60)41-22-32-20-31(30-9-15-63-16-10-30)4-6-39(32)57(41)48(23-29(48)3)45-51-46(61)65-53-45/h4-7,13-14,18-22,24,29-30,35H,8-12,15-17,23,25-26H2,1-3H3,(H,51,53,61)/t29-,35?,48-/m0/s1. The van der Waals surface area contributed by atoms with Gasteiger partial charge in [0.1, 0.15) is 22.9 Å². The molecule has 332 valence electrons. The third-order valence-electron chi connectivity index (χ3n) is 14.3. The van der Waals surface area contributed by atoms with E-state index in [1.807, 2.05) is 39.7 Å². The Kier molecular flexibility index (Phi) is 9.07. The molecule has 3 aromatic carbocycles. The van der Waals surface area contributed by atoms with Gasteiger partial charge < -0.3 is 18.9 Å². The van der Waals surface area contributed by atoms with Crippen molar-refractivity contribution in [1.29, 1.82) is 0 Å². The molecule has 1 unspecified atom stereocenters. The van der Waals surface area contributed by atoms with Gasteiger partial charge in [0.15, 0.2) is 5.82 Å². The summed E-state index contributed by atoms with van der Waals surface area (Å²) in [5.74, 6) is 0.0621. The van der Waals surface area contributed by atoms with E-state index in [-0.39, 0.29) is 35.9 Å². The largest absolute Gasteiger partial charge is 0.438 e. The smallest absolute Gasteiger partial charge is 0.381 e. The molecule has 8 heterocycles. The maximum atomic E-state index is 15.3. The second-order valence-corrected chi connectivity index (χ2v) is 18.2. The highest BCUT2D eigenvalue weighted by atomic mass is 19.1. The van der Waals surface area contributed by atoms with Gasteiger partial charge in [-0.05, 0) is 117 Å². The number of imidazole rings is 1. The molecule has 8 aromatic rings. The van der Waals surface area contributed by atoms with Gasteiger partial charge in [-0.1, -0.05) is 18.1 Å². The van der Waals surface area contributed by atoms with E-state index in [2.05, 4.69) is 40.4 Å². The maximum Gasteiger partial charge on any atom is 0.438 e. The number of halogens is 1. The van der Waals surface area contributed by atoms with E-state index < -0.39 is 11.3 Å². The van der Waals surface area contributed by atoms with E-state index in [1.165, 1.54) is 5.56 Å². The van der Waals surface area contributed by atoms with E-state index in [0.29, 0.717) is 97.1 Å². The number of amides is 1. The third kappa shape index (κ3) is 6.22. The Bertz CT molecular complexity index is 3310. The second-order valence-electron chi connectivity index (χ2n) is 18.2. The lowest BCUT2D eigenvalue weighted by Gasteiger charge is -2.29. The Balaban J connectivity index is 0.964. The van der Waals surface area contributed by atoms with Crippen molar-refractivity contribution in [1.82, 2.24) is 48.3 Å². The Hall–Kier alpha value is -6.85. The molecule has 3 aliphatic heterocycles. The van der Waals surface area contributed by atoms with Gasteiger partial charge in [0.05, 0.1) is 48.0 Å². The number of aryl methyl sites for hydroxylation is 2. The summed E-state index contributed by atoms with van der Waals surface area (Å²) in [7, 11) is 0. The van der Waals surface area contributed by atoms with Gasteiger partial charge in [-0.25, -0.2) is 18.7 Å². The van der Waals surface area contributed by atoms with Crippen molar-refractivity contribution in [2.45, 2.75) is 76.9 Å². The topological polar surface area (TPSA) is 165 Å². The molecule has 0 radical (unpaired) electrons. The highest BCUT2D eigenvalue weighted by Gasteiger charge is 2.59. The molecule has 2 saturated heterocycles. The van der Waals surface area contributed by atoms with Crippen LogP contribution in [0.4, 0.5) is 4.39 Å². The molecule has 5 aromatic heterocycles. The van der Waals surface area contributed by atoms with Crippen molar-refractivity contribution in [2.75, 3.05) is 33.0 Å². The molecular formula is C48H47FN10O6. The zero-order valence-electron chi connectivity index (χ0n) is 36.3. The van der Waals surface area contributed by atoms with Crippen LogP contribution >= 0.6 is 0 Å². The number of hydrogen-bond donors (Lipinski definition) is 1. The number of nitrogens with zero attached hydrogens (tertiary/aromatic N) is 9. The summed E-state index contributed by atoms with van der Waals surface area (Å²) >= 11 is 0. The van der Waals surface area contributed by atoms with Crippen molar-refractivity contribution in [3.8, 4) is 17.2 Å². The first-order valence-electron chi connectivity index (χ1n) is 22.4. The molecule has 0 bridgehead atoms. The fourth-order valence-electron chi connectivity index (χ4n) is 10.8. The fraction of sp³-hybridized carbons (Fsp3) is 0.375. The molecule has 1 saturated carbocycles. The molecule has 1 aliphatic carbocycles. The SMILES string of the molecule is Cc1cc(-n2nc3c(c2-n2ccn(-c4ccc5c(cnn5C5CCOC5)c4)c2=O)CN(C(=O)c2cc4cc(C5CCOCC5)ccc4n2[C@@]2(c4noc(=O)[nH]4)C[C@@H]2C)CC3)cc(C)c1F. The number of H-pyrrole nitrogens is 1. The van der Waals surface area contributed by atoms with E-state index in [4.69, 9.17) is 19.1 Å². The molecule has 3 fully saturated rings. The zero-order valence-corrected chi connectivity index (χ0v) is 36.3. The quantitative estimate of drug-likeness (QED) is 0.182. The lowest BCUT2D eigenvalue weighted by Crippen LogP contribution is -2.39. The van der Waals surface area contributed by atoms with Crippen LogP contribution in [0.15, 0.2) is 87.3 Å². The normalized spacial score (nSPS) is 21.2. The summed E-state index contributed by atoms with van der Waals surface area (Å²) in [6, 6.07) is 17.8. The predicted molar refractivity (Wildman–Crippen MR) is 237 cm³/mol. The first kappa shape index (κ1) is 39.7. The van der Waals surface area contributed by atoms with Crippen LogP contribution in [-0.4, -0.2) is 87.2 Å². The summed E-state index contributed by atoms with van der Waals surface area (Å²) in [6.07, 6.45) is 9.05. The number of fused-ring (bicyclic) bond motifs is 3. The monoisotopic (exact) mass is 878 g/mol. The Morgan fingerprint density at radius 1 is 0.892 bits per heavy atom. The number of benzene rings is 3. The minimum Gasteiger partial charge on any atom is -0.381 e. The Morgan fingerprint density at radius 2 is 1.66 bits per heavy atom. The van der Waals surface area contributed by atoms with E-state index in [1.54, 1.807) is 57.1 Å². The van der Waals surface area contributed by atoms with Crippen molar-refractivity contribution in [3.05, 3.63) is 140 Å². The number of carbonyl (C=O) groups is 1. The van der Waals surface area contributed by atoms with E-state index in [0.717, 1.165) is 46.8 Å². The average molecular weight is 879 g/mol. The van der Waals surface area contributed by atoms with Gasteiger partial charge in [-0.2, -0.15) is 10.2 Å². The number of aromatic nitrogens is 9. The predicted octanol–water partition coefficient (Wildman–Crippen LogP) is 6.39. The number of rotatable bonds is 8. The number of hydrogen-bond acceptors (Lipinski definition) is 9. The first-order valence-corrected chi connectivity index (χ1v) is 22.4. The first-order chi connectivity index (χ1) is 31.6. The maximum absolute atomic E-state index is 15.3. The van der Waals surface area contributed by atoms with Crippen LogP contribution in [0.1, 0.15) is 88.8 Å². The molecular weight excluding hydrogens is 832 g/mol. The summed E-state index contributed by atoms with van der Waals surface area (Å²) < 4.78 is 40.3. The van der Waals surface area contributed by atoms with Crippen molar-refractivity contribution >= 4 is 27.7 Å². The van der Waals surface area contributed by atoms with Gasteiger partial charge in [0, 0.05) is 67.0 Å². The molecule has 3 atom stereocenters. The van der Waals surface area contributed by atoms with Crippen LogP contribution in [0.25, 0.3) is 39.0 Å². The summed E-state index contributed by atoms with van der Waals surface area (Å²) in [6.45, 7) is 8.74.